The van der Waals surface area contributed by atoms with E-state index in [1.165, 1.54) is 17.6 Å². The molecular weight excluding hydrogens is 340 g/mol. The van der Waals surface area contributed by atoms with Gasteiger partial charge in [-0.15, -0.1) is 11.3 Å². The number of hydrogen-bond acceptors (Lipinski definition) is 5. The molecule has 3 N–H and O–H groups in total. The summed E-state index contributed by atoms with van der Waals surface area (Å²) in [4.78, 5) is 24.7. The third kappa shape index (κ3) is 3.78. The highest BCUT2D eigenvalue weighted by Gasteiger charge is 2.36. The predicted octanol–water partition coefficient (Wildman–Crippen LogP) is 2.33. The van der Waals surface area contributed by atoms with E-state index in [-0.39, 0.29) is 6.54 Å². The molecule has 0 aliphatic heterocycles. The maximum atomic E-state index is 12.1. The molecule has 0 spiro atoms. The Hall–Kier alpha value is -2.90. The van der Waals surface area contributed by atoms with E-state index < -0.39 is 17.4 Å². The van der Waals surface area contributed by atoms with Crippen LogP contribution >= 0.6 is 11.3 Å². The first-order chi connectivity index (χ1) is 12.1. The number of aliphatic hydroxyl groups is 1. The van der Waals surface area contributed by atoms with E-state index in [1.807, 2.05) is 5.38 Å². The van der Waals surface area contributed by atoms with Crippen molar-refractivity contribution in [3.05, 3.63) is 76.9 Å². The minimum atomic E-state index is -1.54. The van der Waals surface area contributed by atoms with Crippen molar-refractivity contribution < 1.29 is 19.1 Å². The van der Waals surface area contributed by atoms with Crippen LogP contribution in [-0.2, 0) is 15.2 Å². The highest BCUT2D eigenvalue weighted by Crippen LogP contribution is 2.32. The topological polar surface area (TPSA) is 91.6 Å². The third-order valence-electron chi connectivity index (χ3n) is 3.60. The standard InChI is InChI=1S/C18H16N2O4S/c21-16(17(22)20-13-6-2-1-3-7-13)19-12-18(23,14-8-4-10-24-14)15-9-5-11-25-15/h1-11,23H,12H2,(H,19,21)(H,20,22). The van der Waals surface area contributed by atoms with Crippen LogP contribution in [0.25, 0.3) is 0 Å². The minimum Gasteiger partial charge on any atom is -0.466 e. The Bertz CT molecular complexity index is 795. The van der Waals surface area contributed by atoms with Crippen LogP contribution in [0.5, 0.6) is 0 Å². The lowest BCUT2D eigenvalue weighted by molar-refractivity contribution is -0.136. The number of nitrogens with one attached hydrogen (secondary N) is 2. The van der Waals surface area contributed by atoms with Crippen LogP contribution in [0.4, 0.5) is 5.69 Å². The predicted molar refractivity (Wildman–Crippen MR) is 94.1 cm³/mol. The van der Waals surface area contributed by atoms with Crippen LogP contribution < -0.4 is 10.6 Å². The lowest BCUT2D eigenvalue weighted by Gasteiger charge is -2.25. The molecule has 1 unspecified atom stereocenters. The number of anilines is 1. The number of benzene rings is 1. The molecule has 2 aromatic heterocycles. The fraction of sp³-hybridized carbons (Fsp3) is 0.111. The normalized spacial score (nSPS) is 13.0. The van der Waals surface area contributed by atoms with Crippen LogP contribution in [0.2, 0.25) is 0 Å². The third-order valence-corrected chi connectivity index (χ3v) is 4.62. The summed E-state index contributed by atoms with van der Waals surface area (Å²) in [6.07, 6.45) is 1.44. The zero-order chi connectivity index (χ0) is 17.7. The summed E-state index contributed by atoms with van der Waals surface area (Å²) in [6, 6.07) is 15.5. The highest BCUT2D eigenvalue weighted by atomic mass is 32.1. The van der Waals surface area contributed by atoms with Gasteiger partial charge in [-0.1, -0.05) is 24.3 Å². The summed E-state index contributed by atoms with van der Waals surface area (Å²) >= 11 is 1.33. The number of hydrogen-bond donors (Lipinski definition) is 3. The van der Waals surface area contributed by atoms with Gasteiger partial charge >= 0.3 is 11.8 Å². The van der Waals surface area contributed by atoms with E-state index in [1.54, 1.807) is 54.6 Å². The Morgan fingerprint density at radius 3 is 2.48 bits per heavy atom. The number of thiophene rings is 1. The molecule has 1 atom stereocenters. The number of furan rings is 1. The van der Waals surface area contributed by atoms with Gasteiger partial charge in [0.15, 0.2) is 5.60 Å². The molecule has 0 aliphatic rings. The van der Waals surface area contributed by atoms with Gasteiger partial charge in [0.2, 0.25) is 0 Å². The number of rotatable bonds is 5. The second-order valence-electron chi connectivity index (χ2n) is 5.32. The molecule has 1 aromatic carbocycles. The molecule has 0 saturated carbocycles. The first kappa shape index (κ1) is 16.9. The second-order valence-corrected chi connectivity index (χ2v) is 6.27. The summed E-state index contributed by atoms with van der Waals surface area (Å²) in [5, 5.41) is 17.8. The van der Waals surface area contributed by atoms with E-state index in [4.69, 9.17) is 4.42 Å². The highest BCUT2D eigenvalue weighted by molar-refractivity contribution is 7.10. The summed E-state index contributed by atoms with van der Waals surface area (Å²) in [5.41, 5.74) is -1.03. The number of amides is 2. The van der Waals surface area contributed by atoms with Crippen molar-refractivity contribution in [3.8, 4) is 0 Å². The van der Waals surface area contributed by atoms with Crippen LogP contribution in [0.15, 0.2) is 70.7 Å². The van der Waals surface area contributed by atoms with Crippen LogP contribution in [0.1, 0.15) is 10.6 Å². The molecule has 0 fully saturated rings. The Morgan fingerprint density at radius 1 is 1.04 bits per heavy atom. The number of carbonyl (C=O) groups is 2. The lowest BCUT2D eigenvalue weighted by atomic mass is 9.98. The molecule has 3 rings (SSSR count). The zero-order valence-corrected chi connectivity index (χ0v) is 14.0. The minimum absolute atomic E-state index is 0.192. The molecule has 0 saturated heterocycles. The molecule has 6 nitrogen and oxygen atoms in total. The van der Waals surface area contributed by atoms with E-state index in [9.17, 15) is 14.7 Å². The lowest BCUT2D eigenvalue weighted by Crippen LogP contribution is -2.44. The molecule has 3 aromatic rings. The van der Waals surface area contributed by atoms with Gasteiger partial charge in [0, 0.05) is 10.6 Å². The molecular formula is C18H16N2O4S. The largest absolute Gasteiger partial charge is 0.466 e. The van der Waals surface area contributed by atoms with E-state index in [0.717, 1.165) is 0 Å². The van der Waals surface area contributed by atoms with Crippen molar-refractivity contribution >= 4 is 28.8 Å². The average molecular weight is 356 g/mol. The molecule has 2 heterocycles. The first-order valence-corrected chi connectivity index (χ1v) is 8.42. The molecule has 128 valence electrons. The van der Waals surface area contributed by atoms with Crippen molar-refractivity contribution in [1.82, 2.24) is 5.32 Å². The molecule has 0 bridgehead atoms. The Kier molecular flexibility index (Phi) is 4.97. The summed E-state index contributed by atoms with van der Waals surface area (Å²) < 4.78 is 5.32. The van der Waals surface area contributed by atoms with E-state index >= 15 is 0 Å². The zero-order valence-electron chi connectivity index (χ0n) is 13.1. The Morgan fingerprint density at radius 2 is 1.84 bits per heavy atom. The molecule has 2 amide bonds. The van der Waals surface area contributed by atoms with E-state index in [0.29, 0.717) is 16.3 Å². The second kappa shape index (κ2) is 7.33. The van der Waals surface area contributed by atoms with Gasteiger partial charge in [0.1, 0.15) is 5.76 Å². The summed E-state index contributed by atoms with van der Waals surface area (Å²) in [6.45, 7) is -0.192. The Labute approximate surface area is 148 Å². The van der Waals surface area contributed by atoms with Gasteiger partial charge in [-0.3, -0.25) is 9.59 Å². The molecule has 25 heavy (non-hydrogen) atoms. The van der Waals surface area contributed by atoms with Crippen molar-refractivity contribution in [2.24, 2.45) is 0 Å². The van der Waals surface area contributed by atoms with Crippen LogP contribution in [0.3, 0.4) is 0 Å². The van der Waals surface area contributed by atoms with Crippen molar-refractivity contribution in [2.45, 2.75) is 5.60 Å². The fourth-order valence-corrected chi connectivity index (χ4v) is 3.15. The van der Waals surface area contributed by atoms with Crippen LogP contribution in [-0.4, -0.2) is 23.5 Å². The molecule has 7 heteroatoms. The van der Waals surface area contributed by atoms with Crippen molar-refractivity contribution in [3.63, 3.8) is 0 Å². The van der Waals surface area contributed by atoms with Gasteiger partial charge in [0.25, 0.3) is 0 Å². The van der Waals surface area contributed by atoms with Crippen molar-refractivity contribution in [1.29, 1.82) is 0 Å². The maximum Gasteiger partial charge on any atom is 0.313 e. The average Bonchev–Trinajstić information content (AvgIpc) is 3.34. The summed E-state index contributed by atoms with van der Waals surface area (Å²) in [7, 11) is 0. The SMILES string of the molecule is O=C(NCC(O)(c1ccco1)c1cccs1)C(=O)Nc1ccccc1. The first-order valence-electron chi connectivity index (χ1n) is 7.54. The van der Waals surface area contributed by atoms with Crippen molar-refractivity contribution in [2.75, 3.05) is 11.9 Å². The van der Waals surface area contributed by atoms with Gasteiger partial charge in [-0.2, -0.15) is 0 Å². The smallest absolute Gasteiger partial charge is 0.313 e. The molecule has 0 radical (unpaired) electrons. The Balaban J connectivity index is 1.69. The monoisotopic (exact) mass is 356 g/mol. The van der Waals surface area contributed by atoms with Gasteiger partial charge < -0.3 is 20.2 Å². The van der Waals surface area contributed by atoms with Gasteiger partial charge in [0.05, 0.1) is 12.8 Å². The van der Waals surface area contributed by atoms with E-state index in [2.05, 4.69) is 10.6 Å². The number of carbonyl (C=O) groups excluding carboxylic acids is 2. The summed E-state index contributed by atoms with van der Waals surface area (Å²) in [5.74, 6) is -1.36. The van der Waals surface area contributed by atoms with Crippen LogP contribution in [0, 0.1) is 0 Å². The molecule has 0 aliphatic carbocycles. The quantitative estimate of drug-likeness (QED) is 0.612. The number of para-hydroxylation sites is 1. The van der Waals surface area contributed by atoms with Gasteiger partial charge in [-0.25, -0.2) is 0 Å². The fourth-order valence-electron chi connectivity index (χ4n) is 2.32. The maximum absolute atomic E-state index is 12.1. The van der Waals surface area contributed by atoms with Gasteiger partial charge in [-0.05, 0) is 35.7 Å².